The van der Waals surface area contributed by atoms with Crippen molar-refractivity contribution in [1.29, 1.82) is 0 Å². The van der Waals surface area contributed by atoms with Gasteiger partial charge in [0, 0.05) is 16.5 Å². The second kappa shape index (κ2) is 7.28. The van der Waals surface area contributed by atoms with E-state index in [1.54, 1.807) is 17.4 Å². The highest BCUT2D eigenvalue weighted by molar-refractivity contribution is 7.15. The molecule has 0 unspecified atom stereocenters. The van der Waals surface area contributed by atoms with Crippen molar-refractivity contribution in [2.75, 3.05) is 0 Å². The molecular weight excluding hydrogens is 405 g/mol. The van der Waals surface area contributed by atoms with Gasteiger partial charge in [-0.1, -0.05) is 17.3 Å². The van der Waals surface area contributed by atoms with Crippen LogP contribution in [0.2, 0.25) is 0 Å². The molecule has 0 spiro atoms. The van der Waals surface area contributed by atoms with Crippen molar-refractivity contribution in [3.05, 3.63) is 75.2 Å². The highest BCUT2D eigenvalue weighted by Crippen LogP contribution is 2.30. The Morgan fingerprint density at radius 2 is 1.83 bits per heavy atom. The van der Waals surface area contributed by atoms with E-state index in [1.807, 2.05) is 19.1 Å². The third-order valence-corrected chi connectivity index (χ3v) is 5.11. The van der Waals surface area contributed by atoms with Crippen LogP contribution >= 0.6 is 11.3 Å². The molecule has 1 aromatic carbocycles. The first-order valence-corrected chi connectivity index (χ1v) is 9.26. The Morgan fingerprint density at radius 3 is 2.48 bits per heavy atom. The molecule has 3 aromatic heterocycles. The maximum atomic E-state index is 12.7. The third kappa shape index (κ3) is 4.11. The zero-order valence-corrected chi connectivity index (χ0v) is 15.8. The molecule has 29 heavy (non-hydrogen) atoms. The minimum atomic E-state index is -4.42. The van der Waals surface area contributed by atoms with Gasteiger partial charge >= 0.3 is 6.18 Å². The number of alkyl halides is 3. The lowest BCUT2D eigenvalue weighted by molar-refractivity contribution is -0.137. The Bertz CT molecular complexity index is 1210. The third-order valence-electron chi connectivity index (χ3n) is 4.08. The monoisotopic (exact) mass is 418 g/mol. The molecule has 0 N–H and O–H groups in total. The van der Waals surface area contributed by atoms with E-state index in [0.717, 1.165) is 21.9 Å². The lowest BCUT2D eigenvalue weighted by Gasteiger charge is -2.05. The van der Waals surface area contributed by atoms with E-state index in [4.69, 9.17) is 4.52 Å². The van der Waals surface area contributed by atoms with E-state index in [2.05, 4.69) is 15.2 Å². The van der Waals surface area contributed by atoms with Crippen LogP contribution in [0, 0.1) is 6.92 Å². The van der Waals surface area contributed by atoms with Crippen LogP contribution in [0.5, 0.6) is 0 Å². The van der Waals surface area contributed by atoms with Gasteiger partial charge in [0.2, 0.25) is 11.7 Å². The Labute approximate surface area is 166 Å². The van der Waals surface area contributed by atoms with Crippen LogP contribution in [0.3, 0.4) is 0 Å². The Kier molecular flexibility index (Phi) is 4.79. The summed E-state index contributed by atoms with van der Waals surface area (Å²) in [6, 6.07) is 11.4. The highest BCUT2D eigenvalue weighted by Gasteiger charge is 2.30. The summed E-state index contributed by atoms with van der Waals surface area (Å²) in [7, 11) is 0. The summed E-state index contributed by atoms with van der Waals surface area (Å²) in [5.41, 5.74) is -0.0843. The van der Waals surface area contributed by atoms with Crippen molar-refractivity contribution >= 4 is 11.3 Å². The van der Waals surface area contributed by atoms with E-state index >= 15 is 0 Å². The largest absolute Gasteiger partial charge is 0.416 e. The van der Waals surface area contributed by atoms with E-state index < -0.39 is 11.7 Å². The van der Waals surface area contributed by atoms with Gasteiger partial charge in [0.15, 0.2) is 0 Å². The standard InChI is InChI=1S/C19H13F3N4O2S/c1-11-2-8-15(29-11)14-7-9-17(27)26(24-14)10-16-23-18(25-28-16)12-3-5-13(6-4-12)19(20,21)22/h2-9H,10H2,1H3. The van der Waals surface area contributed by atoms with Gasteiger partial charge in [0.1, 0.15) is 12.2 Å². The maximum Gasteiger partial charge on any atom is 0.416 e. The minimum Gasteiger partial charge on any atom is -0.337 e. The van der Waals surface area contributed by atoms with Gasteiger partial charge in [-0.05, 0) is 37.3 Å². The van der Waals surface area contributed by atoms with Gasteiger partial charge in [0.05, 0.1) is 10.4 Å². The molecule has 6 nitrogen and oxygen atoms in total. The molecule has 148 valence electrons. The molecule has 0 amide bonds. The fourth-order valence-electron chi connectivity index (χ4n) is 2.64. The van der Waals surface area contributed by atoms with Crippen LogP contribution in [0.15, 0.2) is 57.8 Å². The lowest BCUT2D eigenvalue weighted by Crippen LogP contribution is -2.22. The molecule has 0 saturated heterocycles. The van der Waals surface area contributed by atoms with E-state index in [-0.39, 0.29) is 23.8 Å². The van der Waals surface area contributed by atoms with Crippen LogP contribution in [0.4, 0.5) is 13.2 Å². The van der Waals surface area contributed by atoms with Gasteiger partial charge < -0.3 is 4.52 Å². The smallest absolute Gasteiger partial charge is 0.337 e. The number of aromatic nitrogens is 4. The number of hydrogen-bond acceptors (Lipinski definition) is 6. The van der Waals surface area contributed by atoms with E-state index in [9.17, 15) is 18.0 Å². The van der Waals surface area contributed by atoms with Crippen LogP contribution in [0.25, 0.3) is 22.0 Å². The second-order valence-electron chi connectivity index (χ2n) is 6.21. The number of thiophene rings is 1. The van der Waals surface area contributed by atoms with Crippen molar-refractivity contribution in [2.45, 2.75) is 19.6 Å². The van der Waals surface area contributed by atoms with Crippen molar-refractivity contribution < 1.29 is 17.7 Å². The molecule has 4 rings (SSSR count). The van der Waals surface area contributed by atoms with Crippen molar-refractivity contribution in [2.24, 2.45) is 0 Å². The summed E-state index contributed by atoms with van der Waals surface area (Å²) in [5, 5.41) is 8.11. The van der Waals surface area contributed by atoms with Crippen LogP contribution in [-0.4, -0.2) is 19.9 Å². The zero-order chi connectivity index (χ0) is 20.6. The molecule has 0 atom stereocenters. The molecule has 0 bridgehead atoms. The SMILES string of the molecule is Cc1ccc(-c2ccc(=O)n(Cc3nc(-c4ccc(C(F)(F)F)cc4)no3)n2)s1. The Hall–Kier alpha value is -3.27. The van der Waals surface area contributed by atoms with Gasteiger partial charge in [-0.25, -0.2) is 4.68 Å². The number of halogens is 3. The fourth-order valence-corrected chi connectivity index (χ4v) is 3.47. The summed E-state index contributed by atoms with van der Waals surface area (Å²) < 4.78 is 44.4. The van der Waals surface area contributed by atoms with Crippen molar-refractivity contribution in [3.63, 3.8) is 0 Å². The average molecular weight is 418 g/mol. The predicted molar refractivity (Wildman–Crippen MR) is 100 cm³/mol. The quantitative estimate of drug-likeness (QED) is 0.491. The Balaban J connectivity index is 1.57. The molecule has 0 aliphatic heterocycles. The maximum absolute atomic E-state index is 12.7. The van der Waals surface area contributed by atoms with Gasteiger partial charge in [-0.2, -0.15) is 23.3 Å². The molecule has 10 heteroatoms. The summed E-state index contributed by atoms with van der Waals surface area (Å²) in [6.45, 7) is 1.93. The first kappa shape index (κ1) is 19.1. The number of rotatable bonds is 4. The molecule has 0 aliphatic rings. The molecule has 0 fully saturated rings. The number of nitrogens with zero attached hydrogens (tertiary/aromatic N) is 4. The predicted octanol–water partition coefficient (Wildman–Crippen LogP) is 4.40. The Morgan fingerprint density at radius 1 is 1.07 bits per heavy atom. The zero-order valence-electron chi connectivity index (χ0n) is 15.0. The first-order chi connectivity index (χ1) is 13.8. The van der Waals surface area contributed by atoms with E-state index in [1.165, 1.54) is 22.9 Å². The average Bonchev–Trinajstić information content (AvgIpc) is 3.32. The highest BCUT2D eigenvalue weighted by atomic mass is 32.1. The number of hydrogen-bond donors (Lipinski definition) is 0. The molecular formula is C19H13F3N4O2S. The summed E-state index contributed by atoms with van der Waals surface area (Å²) >= 11 is 1.56. The van der Waals surface area contributed by atoms with Crippen molar-refractivity contribution in [3.8, 4) is 22.0 Å². The number of aryl methyl sites for hydroxylation is 1. The molecule has 4 aromatic rings. The van der Waals surface area contributed by atoms with Gasteiger partial charge in [0.25, 0.3) is 5.56 Å². The minimum absolute atomic E-state index is 0.0509. The van der Waals surface area contributed by atoms with Crippen LogP contribution < -0.4 is 5.56 Å². The van der Waals surface area contributed by atoms with Crippen molar-refractivity contribution in [1.82, 2.24) is 19.9 Å². The summed E-state index contributed by atoms with van der Waals surface area (Å²) in [4.78, 5) is 18.3. The second-order valence-corrected chi connectivity index (χ2v) is 7.50. The summed E-state index contributed by atoms with van der Waals surface area (Å²) in [5.74, 6) is 0.251. The topological polar surface area (TPSA) is 73.8 Å². The normalized spacial score (nSPS) is 11.7. The number of benzene rings is 1. The van der Waals surface area contributed by atoms with Gasteiger partial charge in [-0.15, -0.1) is 11.3 Å². The van der Waals surface area contributed by atoms with Crippen LogP contribution in [0.1, 0.15) is 16.3 Å². The van der Waals surface area contributed by atoms with Crippen LogP contribution in [-0.2, 0) is 12.7 Å². The molecule has 0 radical (unpaired) electrons. The summed E-state index contributed by atoms with van der Waals surface area (Å²) in [6.07, 6.45) is -4.42. The molecule has 3 heterocycles. The fraction of sp³-hybridized carbons (Fsp3) is 0.158. The lowest BCUT2D eigenvalue weighted by atomic mass is 10.1. The van der Waals surface area contributed by atoms with Gasteiger partial charge in [-0.3, -0.25) is 4.79 Å². The van der Waals surface area contributed by atoms with E-state index in [0.29, 0.717) is 11.3 Å². The molecule has 0 aliphatic carbocycles. The first-order valence-electron chi connectivity index (χ1n) is 8.45. The molecule has 0 saturated carbocycles.